The Labute approximate surface area is 152 Å². The molecular formula is C18H23N5O3. The molecule has 0 spiro atoms. The van der Waals surface area contributed by atoms with Gasteiger partial charge in [-0.3, -0.25) is 14.7 Å². The van der Waals surface area contributed by atoms with Gasteiger partial charge in [-0.05, 0) is 31.5 Å². The van der Waals surface area contributed by atoms with Crippen molar-refractivity contribution < 1.29 is 14.1 Å². The first-order valence-electron chi connectivity index (χ1n) is 9.11. The summed E-state index contributed by atoms with van der Waals surface area (Å²) in [5, 5.41) is 4.04. The van der Waals surface area contributed by atoms with Gasteiger partial charge in [0.25, 0.3) is 0 Å². The van der Waals surface area contributed by atoms with Gasteiger partial charge in [-0.2, -0.15) is 4.98 Å². The van der Waals surface area contributed by atoms with E-state index in [1.807, 2.05) is 17.0 Å². The third-order valence-electron chi connectivity index (χ3n) is 4.92. The number of hydrogen-bond acceptors (Lipinski definition) is 7. The number of hydrogen-bond donors (Lipinski definition) is 0. The van der Waals surface area contributed by atoms with Crippen molar-refractivity contribution in [2.75, 3.05) is 39.4 Å². The van der Waals surface area contributed by atoms with Crippen molar-refractivity contribution in [3.63, 3.8) is 0 Å². The number of ether oxygens (including phenoxy) is 1. The van der Waals surface area contributed by atoms with Gasteiger partial charge in [-0.25, -0.2) is 0 Å². The van der Waals surface area contributed by atoms with Crippen LogP contribution in [0, 0.1) is 5.92 Å². The van der Waals surface area contributed by atoms with E-state index in [1.54, 1.807) is 12.4 Å². The van der Waals surface area contributed by atoms with Crippen LogP contribution in [0.4, 0.5) is 0 Å². The predicted molar refractivity (Wildman–Crippen MR) is 92.9 cm³/mol. The molecule has 2 aliphatic rings. The molecule has 2 aliphatic heterocycles. The monoisotopic (exact) mass is 357 g/mol. The van der Waals surface area contributed by atoms with Crippen LogP contribution in [-0.2, 0) is 16.1 Å². The quantitative estimate of drug-likeness (QED) is 0.813. The van der Waals surface area contributed by atoms with Gasteiger partial charge in [0.1, 0.15) is 0 Å². The van der Waals surface area contributed by atoms with E-state index in [9.17, 15) is 4.79 Å². The molecule has 2 saturated heterocycles. The van der Waals surface area contributed by atoms with Crippen LogP contribution in [0.25, 0.3) is 11.4 Å². The van der Waals surface area contributed by atoms with Gasteiger partial charge in [-0.15, -0.1) is 0 Å². The van der Waals surface area contributed by atoms with Crippen molar-refractivity contribution in [2.24, 2.45) is 5.92 Å². The molecule has 0 N–H and O–H groups in total. The molecule has 0 radical (unpaired) electrons. The summed E-state index contributed by atoms with van der Waals surface area (Å²) in [5.41, 5.74) is 0.835. The number of rotatable bonds is 4. The van der Waals surface area contributed by atoms with Crippen LogP contribution in [0.5, 0.6) is 0 Å². The summed E-state index contributed by atoms with van der Waals surface area (Å²) in [4.78, 5) is 25.4. The lowest BCUT2D eigenvalue weighted by Crippen LogP contribution is -2.48. The molecule has 2 aromatic heterocycles. The summed E-state index contributed by atoms with van der Waals surface area (Å²) in [6, 6.07) is 3.75. The van der Waals surface area contributed by atoms with Crippen LogP contribution >= 0.6 is 0 Å². The smallest absolute Gasteiger partial charge is 0.241 e. The van der Waals surface area contributed by atoms with Crippen LogP contribution in [0.3, 0.4) is 0 Å². The highest BCUT2D eigenvalue weighted by Gasteiger charge is 2.30. The summed E-state index contributed by atoms with van der Waals surface area (Å²) in [5.74, 6) is 1.41. The number of carbonyl (C=O) groups excluding carboxylic acids is 1. The highest BCUT2D eigenvalue weighted by atomic mass is 16.5. The molecule has 26 heavy (non-hydrogen) atoms. The zero-order chi connectivity index (χ0) is 17.8. The lowest BCUT2D eigenvalue weighted by Gasteiger charge is -2.35. The number of nitrogens with zero attached hydrogens (tertiary/aromatic N) is 5. The number of carbonyl (C=O) groups is 1. The van der Waals surface area contributed by atoms with Crippen LogP contribution in [0.2, 0.25) is 0 Å². The fourth-order valence-corrected chi connectivity index (χ4v) is 3.57. The average Bonchev–Trinajstić information content (AvgIpc) is 3.17. The SMILES string of the molecule is O=C(C1CCCN(Cc2nc(-c3cccnc3)no2)C1)N1CCOCC1. The second-order valence-corrected chi connectivity index (χ2v) is 6.77. The Balaban J connectivity index is 1.36. The molecule has 1 amide bonds. The van der Waals surface area contributed by atoms with E-state index in [0.29, 0.717) is 44.6 Å². The molecule has 2 fully saturated rings. The summed E-state index contributed by atoms with van der Waals surface area (Å²) in [6.07, 6.45) is 5.37. The van der Waals surface area contributed by atoms with Crippen LogP contribution in [0.15, 0.2) is 29.0 Å². The summed E-state index contributed by atoms with van der Waals surface area (Å²) < 4.78 is 10.7. The van der Waals surface area contributed by atoms with Gasteiger partial charge in [0.2, 0.25) is 17.6 Å². The van der Waals surface area contributed by atoms with Crippen molar-refractivity contribution in [2.45, 2.75) is 19.4 Å². The molecular weight excluding hydrogens is 334 g/mol. The Bertz CT molecular complexity index is 729. The summed E-state index contributed by atoms with van der Waals surface area (Å²) >= 11 is 0. The molecule has 8 nitrogen and oxygen atoms in total. The van der Waals surface area contributed by atoms with Gasteiger partial charge >= 0.3 is 0 Å². The number of morpholine rings is 1. The second kappa shape index (κ2) is 7.92. The Morgan fingerprint density at radius 1 is 1.27 bits per heavy atom. The predicted octanol–water partition coefficient (Wildman–Crippen LogP) is 1.20. The highest BCUT2D eigenvalue weighted by Crippen LogP contribution is 2.22. The van der Waals surface area contributed by atoms with E-state index in [1.165, 1.54) is 0 Å². The Morgan fingerprint density at radius 2 is 2.15 bits per heavy atom. The van der Waals surface area contributed by atoms with E-state index in [4.69, 9.17) is 9.26 Å². The Kier molecular flexibility index (Phi) is 5.21. The molecule has 0 saturated carbocycles. The van der Waals surface area contributed by atoms with Crippen molar-refractivity contribution in [1.82, 2.24) is 24.9 Å². The van der Waals surface area contributed by atoms with Gasteiger partial charge < -0.3 is 14.2 Å². The van der Waals surface area contributed by atoms with Crippen molar-refractivity contribution in [3.05, 3.63) is 30.4 Å². The molecule has 1 unspecified atom stereocenters. The van der Waals surface area contributed by atoms with E-state index in [2.05, 4.69) is 20.0 Å². The topological polar surface area (TPSA) is 84.6 Å². The molecule has 138 valence electrons. The lowest BCUT2D eigenvalue weighted by molar-refractivity contribution is -0.141. The minimum Gasteiger partial charge on any atom is -0.378 e. The Morgan fingerprint density at radius 3 is 2.96 bits per heavy atom. The molecule has 0 bridgehead atoms. The van der Waals surface area contributed by atoms with Gasteiger partial charge in [0.15, 0.2) is 0 Å². The maximum Gasteiger partial charge on any atom is 0.241 e. The molecule has 8 heteroatoms. The third-order valence-corrected chi connectivity index (χ3v) is 4.92. The first-order chi connectivity index (χ1) is 12.8. The number of aromatic nitrogens is 3. The summed E-state index contributed by atoms with van der Waals surface area (Å²) in [6.45, 7) is 4.93. The first kappa shape index (κ1) is 17.1. The highest BCUT2D eigenvalue weighted by molar-refractivity contribution is 5.79. The standard InChI is InChI=1S/C18H23N5O3/c24-18(23-7-9-25-10-8-23)15-4-2-6-22(12-15)13-16-20-17(21-26-16)14-3-1-5-19-11-14/h1,3,5,11,15H,2,4,6-10,12-13H2. The minimum atomic E-state index is 0.0440. The zero-order valence-corrected chi connectivity index (χ0v) is 14.7. The van der Waals surface area contributed by atoms with Crippen molar-refractivity contribution >= 4 is 5.91 Å². The minimum absolute atomic E-state index is 0.0440. The fourth-order valence-electron chi connectivity index (χ4n) is 3.57. The largest absolute Gasteiger partial charge is 0.378 e. The molecule has 0 aliphatic carbocycles. The summed E-state index contributed by atoms with van der Waals surface area (Å²) in [7, 11) is 0. The van der Waals surface area contributed by atoms with Gasteiger partial charge in [0.05, 0.1) is 25.7 Å². The zero-order valence-electron chi connectivity index (χ0n) is 14.7. The maximum absolute atomic E-state index is 12.7. The van der Waals surface area contributed by atoms with Gasteiger partial charge in [-0.1, -0.05) is 5.16 Å². The fraction of sp³-hybridized carbons (Fsp3) is 0.556. The van der Waals surface area contributed by atoms with Gasteiger partial charge in [0, 0.05) is 37.6 Å². The molecule has 4 heterocycles. The lowest BCUT2D eigenvalue weighted by atomic mass is 9.96. The molecule has 0 aromatic carbocycles. The molecule has 4 rings (SSSR count). The maximum atomic E-state index is 12.7. The Hall–Kier alpha value is -2.32. The number of piperidine rings is 1. The first-order valence-corrected chi connectivity index (χ1v) is 9.11. The van der Waals surface area contributed by atoms with E-state index >= 15 is 0 Å². The number of pyridine rings is 1. The van der Waals surface area contributed by atoms with Crippen LogP contribution < -0.4 is 0 Å². The third kappa shape index (κ3) is 3.91. The number of amides is 1. The van der Waals surface area contributed by atoms with Crippen LogP contribution in [-0.4, -0.2) is 70.2 Å². The normalized spacial score (nSPS) is 21.7. The van der Waals surface area contributed by atoms with E-state index in [0.717, 1.165) is 31.5 Å². The van der Waals surface area contributed by atoms with E-state index in [-0.39, 0.29) is 11.8 Å². The van der Waals surface area contributed by atoms with E-state index < -0.39 is 0 Å². The van der Waals surface area contributed by atoms with Crippen LogP contribution in [0.1, 0.15) is 18.7 Å². The molecule has 2 aromatic rings. The second-order valence-electron chi connectivity index (χ2n) is 6.77. The number of likely N-dealkylation sites (tertiary alicyclic amines) is 1. The molecule has 1 atom stereocenters. The van der Waals surface area contributed by atoms with Crippen molar-refractivity contribution in [3.8, 4) is 11.4 Å². The van der Waals surface area contributed by atoms with Crippen molar-refractivity contribution in [1.29, 1.82) is 0 Å². The average molecular weight is 357 g/mol.